The number of aryl methyl sites for hydroxylation is 1. The lowest BCUT2D eigenvalue weighted by molar-refractivity contribution is -0.384. The van der Waals surface area contributed by atoms with Crippen molar-refractivity contribution in [2.75, 3.05) is 12.4 Å². The molecule has 8 nitrogen and oxygen atoms in total. The Kier molecular flexibility index (Phi) is 4.76. The number of rotatable bonds is 5. The van der Waals surface area contributed by atoms with Gasteiger partial charge in [0.25, 0.3) is 11.6 Å². The molecular formula is C13H13BrN4O4. The molecule has 0 aliphatic rings. The van der Waals surface area contributed by atoms with Gasteiger partial charge in [0.2, 0.25) is 0 Å². The molecule has 116 valence electrons. The highest BCUT2D eigenvalue weighted by Crippen LogP contribution is 2.30. The number of aromatic nitrogens is 2. The second kappa shape index (κ2) is 6.56. The molecule has 0 spiro atoms. The lowest BCUT2D eigenvalue weighted by Gasteiger charge is -2.11. The van der Waals surface area contributed by atoms with E-state index < -0.39 is 10.8 Å². The minimum atomic E-state index is -0.531. The minimum absolute atomic E-state index is 0.116. The first-order chi connectivity index (χ1) is 10.5. The highest BCUT2D eigenvalue weighted by atomic mass is 79.9. The monoisotopic (exact) mass is 368 g/mol. The molecule has 0 fully saturated rings. The molecular weight excluding hydrogens is 356 g/mol. The SMILES string of the molecule is CCn1ncc(Br)c1C(=O)Nc1ccc([N+](=O)[O-])cc1OC. The molecule has 0 saturated carbocycles. The van der Waals surface area contributed by atoms with Gasteiger partial charge >= 0.3 is 0 Å². The van der Waals surface area contributed by atoms with Crippen molar-refractivity contribution in [1.29, 1.82) is 0 Å². The normalized spacial score (nSPS) is 10.3. The number of carbonyl (C=O) groups is 1. The van der Waals surface area contributed by atoms with E-state index in [-0.39, 0.29) is 11.4 Å². The Labute approximate surface area is 134 Å². The summed E-state index contributed by atoms with van der Waals surface area (Å²) in [5, 5.41) is 17.5. The lowest BCUT2D eigenvalue weighted by Crippen LogP contribution is -2.18. The Morgan fingerprint density at radius 1 is 1.55 bits per heavy atom. The number of benzene rings is 1. The van der Waals surface area contributed by atoms with E-state index >= 15 is 0 Å². The predicted octanol–water partition coefficient (Wildman–Crippen LogP) is 2.83. The quantitative estimate of drug-likeness (QED) is 0.645. The maximum atomic E-state index is 12.4. The Morgan fingerprint density at radius 2 is 2.27 bits per heavy atom. The summed E-state index contributed by atoms with van der Waals surface area (Å²) >= 11 is 3.27. The van der Waals surface area contributed by atoms with Crippen LogP contribution in [0.1, 0.15) is 17.4 Å². The number of hydrogen-bond acceptors (Lipinski definition) is 5. The van der Waals surface area contributed by atoms with E-state index in [1.807, 2.05) is 6.92 Å². The summed E-state index contributed by atoms with van der Waals surface area (Å²) in [7, 11) is 1.38. The molecule has 0 atom stereocenters. The zero-order valence-electron chi connectivity index (χ0n) is 11.9. The second-order valence-electron chi connectivity index (χ2n) is 4.25. The van der Waals surface area contributed by atoms with Crippen LogP contribution in [0.2, 0.25) is 0 Å². The van der Waals surface area contributed by atoms with E-state index in [4.69, 9.17) is 4.74 Å². The standard InChI is InChI=1S/C13H13BrN4O4/c1-3-17-12(9(14)7-15-17)13(19)16-10-5-4-8(18(20)21)6-11(10)22-2/h4-7H,3H2,1-2H3,(H,16,19). The summed E-state index contributed by atoms with van der Waals surface area (Å²) in [4.78, 5) is 22.6. The van der Waals surface area contributed by atoms with Crippen molar-refractivity contribution >= 4 is 33.2 Å². The van der Waals surface area contributed by atoms with Crippen LogP contribution in [0, 0.1) is 10.1 Å². The molecule has 9 heteroatoms. The van der Waals surface area contributed by atoms with Crippen LogP contribution in [0.15, 0.2) is 28.9 Å². The highest BCUT2D eigenvalue weighted by molar-refractivity contribution is 9.10. The molecule has 0 bridgehead atoms. The molecule has 0 saturated heterocycles. The molecule has 1 heterocycles. The van der Waals surface area contributed by atoms with E-state index in [1.165, 1.54) is 36.2 Å². The zero-order chi connectivity index (χ0) is 16.3. The van der Waals surface area contributed by atoms with Gasteiger partial charge in [-0.05, 0) is 28.9 Å². The van der Waals surface area contributed by atoms with Crippen LogP contribution >= 0.6 is 15.9 Å². The third-order valence-corrected chi connectivity index (χ3v) is 3.53. The molecule has 0 unspecified atom stereocenters. The van der Waals surface area contributed by atoms with Crippen LogP contribution in [0.3, 0.4) is 0 Å². The number of nitro benzene ring substituents is 1. The van der Waals surface area contributed by atoms with Gasteiger partial charge in [-0.2, -0.15) is 5.10 Å². The Hall–Kier alpha value is -2.42. The molecule has 1 amide bonds. The van der Waals surface area contributed by atoms with Gasteiger partial charge in [-0.3, -0.25) is 19.6 Å². The van der Waals surface area contributed by atoms with Crippen molar-refractivity contribution < 1.29 is 14.5 Å². The number of nitrogens with one attached hydrogen (secondary N) is 1. The molecule has 22 heavy (non-hydrogen) atoms. The number of halogens is 1. The highest BCUT2D eigenvalue weighted by Gasteiger charge is 2.19. The number of hydrogen-bond donors (Lipinski definition) is 1. The van der Waals surface area contributed by atoms with E-state index in [0.717, 1.165) is 0 Å². The van der Waals surface area contributed by atoms with Crippen LogP contribution in [0.5, 0.6) is 5.75 Å². The van der Waals surface area contributed by atoms with E-state index in [1.54, 1.807) is 0 Å². The van der Waals surface area contributed by atoms with Crippen LogP contribution in [-0.2, 0) is 6.54 Å². The van der Waals surface area contributed by atoms with Gasteiger partial charge < -0.3 is 10.1 Å². The van der Waals surface area contributed by atoms with Crippen LogP contribution in [-0.4, -0.2) is 27.7 Å². The number of amides is 1. The fourth-order valence-electron chi connectivity index (χ4n) is 1.91. The van der Waals surface area contributed by atoms with Gasteiger partial charge in [0.1, 0.15) is 11.4 Å². The van der Waals surface area contributed by atoms with Crippen molar-refractivity contribution in [1.82, 2.24) is 9.78 Å². The number of nitrogens with zero attached hydrogens (tertiary/aromatic N) is 3. The largest absolute Gasteiger partial charge is 0.494 e. The predicted molar refractivity (Wildman–Crippen MR) is 83.2 cm³/mol. The summed E-state index contributed by atoms with van der Waals surface area (Å²) in [5.41, 5.74) is 0.589. The molecule has 1 aromatic carbocycles. The number of carbonyl (C=O) groups excluding carboxylic acids is 1. The molecule has 0 radical (unpaired) electrons. The first-order valence-corrected chi connectivity index (χ1v) is 7.12. The average Bonchev–Trinajstić information content (AvgIpc) is 2.88. The summed E-state index contributed by atoms with van der Waals surface area (Å²) < 4.78 is 7.19. The smallest absolute Gasteiger partial charge is 0.275 e. The van der Waals surface area contributed by atoms with Crippen molar-refractivity contribution in [2.45, 2.75) is 13.5 Å². The Morgan fingerprint density at radius 3 is 2.86 bits per heavy atom. The van der Waals surface area contributed by atoms with E-state index in [0.29, 0.717) is 22.4 Å². The molecule has 0 aliphatic heterocycles. The Balaban J connectivity index is 2.32. The van der Waals surface area contributed by atoms with E-state index in [2.05, 4.69) is 26.3 Å². The summed E-state index contributed by atoms with van der Waals surface area (Å²) in [5.74, 6) is -0.181. The van der Waals surface area contributed by atoms with Gasteiger partial charge in [0, 0.05) is 12.6 Å². The van der Waals surface area contributed by atoms with Crippen molar-refractivity contribution in [3.63, 3.8) is 0 Å². The topological polar surface area (TPSA) is 99.3 Å². The van der Waals surface area contributed by atoms with Crippen LogP contribution in [0.4, 0.5) is 11.4 Å². The molecule has 1 N–H and O–H groups in total. The third kappa shape index (κ3) is 3.08. The summed E-state index contributed by atoms with van der Waals surface area (Å²) in [6, 6.07) is 3.97. The van der Waals surface area contributed by atoms with Gasteiger partial charge in [-0.1, -0.05) is 0 Å². The molecule has 2 aromatic rings. The van der Waals surface area contributed by atoms with Crippen molar-refractivity contribution in [3.05, 3.63) is 44.7 Å². The zero-order valence-corrected chi connectivity index (χ0v) is 13.5. The third-order valence-electron chi connectivity index (χ3n) is 2.95. The number of ether oxygens (including phenoxy) is 1. The minimum Gasteiger partial charge on any atom is -0.494 e. The van der Waals surface area contributed by atoms with Crippen molar-refractivity contribution in [3.8, 4) is 5.75 Å². The first-order valence-electron chi connectivity index (χ1n) is 6.33. The fourth-order valence-corrected chi connectivity index (χ4v) is 2.38. The second-order valence-corrected chi connectivity index (χ2v) is 5.11. The summed E-state index contributed by atoms with van der Waals surface area (Å²) in [6.07, 6.45) is 1.53. The fraction of sp³-hybridized carbons (Fsp3) is 0.231. The number of methoxy groups -OCH3 is 1. The lowest BCUT2D eigenvalue weighted by atomic mass is 10.2. The van der Waals surface area contributed by atoms with Crippen molar-refractivity contribution in [2.24, 2.45) is 0 Å². The number of non-ortho nitro benzene ring substituents is 1. The maximum Gasteiger partial charge on any atom is 0.275 e. The van der Waals surface area contributed by atoms with Gasteiger partial charge in [0.15, 0.2) is 0 Å². The van der Waals surface area contributed by atoms with E-state index in [9.17, 15) is 14.9 Å². The maximum absolute atomic E-state index is 12.4. The molecule has 2 rings (SSSR count). The summed E-state index contributed by atoms with van der Waals surface area (Å²) in [6.45, 7) is 2.40. The number of nitro groups is 1. The van der Waals surface area contributed by atoms with Gasteiger partial charge in [-0.15, -0.1) is 0 Å². The van der Waals surface area contributed by atoms with Gasteiger partial charge in [-0.25, -0.2) is 0 Å². The van der Waals surface area contributed by atoms with Crippen LogP contribution < -0.4 is 10.1 Å². The Bertz CT molecular complexity index is 729. The average molecular weight is 369 g/mol. The molecule has 0 aliphatic carbocycles. The van der Waals surface area contributed by atoms with Gasteiger partial charge in [0.05, 0.1) is 34.5 Å². The van der Waals surface area contributed by atoms with Crippen LogP contribution in [0.25, 0.3) is 0 Å². The molecule has 1 aromatic heterocycles. The first kappa shape index (κ1) is 16.0. The number of anilines is 1.